The summed E-state index contributed by atoms with van der Waals surface area (Å²) in [5.74, 6) is -0.985. The highest BCUT2D eigenvalue weighted by Gasteiger charge is 2.34. The van der Waals surface area contributed by atoms with E-state index in [1.54, 1.807) is 43.3 Å². The molecule has 41 heavy (non-hydrogen) atoms. The zero-order valence-electron chi connectivity index (χ0n) is 22.8. The Hall–Kier alpha value is -2.49. The molecule has 0 saturated carbocycles. The van der Waals surface area contributed by atoms with Crippen LogP contribution in [0.2, 0.25) is 20.1 Å². The van der Waals surface area contributed by atoms with Gasteiger partial charge in [-0.15, -0.1) is 0 Å². The fourth-order valence-electron chi connectivity index (χ4n) is 4.13. The van der Waals surface area contributed by atoms with Crippen LogP contribution in [0.15, 0.2) is 71.6 Å². The third-order valence-corrected chi connectivity index (χ3v) is 9.30. The topological polar surface area (TPSA) is 86.8 Å². The first-order valence-corrected chi connectivity index (χ1v) is 15.9. The standard InChI is InChI=1S/C29H31Cl4N3O4S/c1-4-19(3)34-29(38)27(5-2)35(17-20-11-12-21(30)16-26(20)33)28(37)18-36(24-14-22(31)13-23(32)15-24)41(39,40)25-9-7-6-8-10-25/h6-16,19,27H,4-5,17-18H2,1-3H3,(H,34,38)/t19-,27-/m0/s1. The molecule has 0 radical (unpaired) electrons. The fraction of sp³-hybridized carbons (Fsp3) is 0.310. The van der Waals surface area contributed by atoms with E-state index in [9.17, 15) is 18.0 Å². The van der Waals surface area contributed by atoms with Crippen LogP contribution in [-0.4, -0.2) is 43.8 Å². The first-order valence-electron chi connectivity index (χ1n) is 12.9. The van der Waals surface area contributed by atoms with E-state index < -0.39 is 28.5 Å². The number of rotatable bonds is 12. The number of nitrogens with one attached hydrogen (secondary N) is 1. The largest absolute Gasteiger partial charge is 0.352 e. The molecule has 3 aromatic rings. The SMILES string of the molecule is CC[C@H](C)NC(=O)[C@H](CC)N(Cc1ccc(Cl)cc1Cl)C(=O)CN(c1cc(Cl)cc(Cl)c1)S(=O)(=O)c1ccccc1. The van der Waals surface area contributed by atoms with Crippen molar-refractivity contribution in [3.8, 4) is 0 Å². The highest BCUT2D eigenvalue weighted by molar-refractivity contribution is 7.92. The molecular formula is C29H31Cl4N3O4S. The average molecular weight is 659 g/mol. The Morgan fingerprint density at radius 3 is 2.05 bits per heavy atom. The number of sulfonamides is 1. The first kappa shape index (κ1) is 33.0. The van der Waals surface area contributed by atoms with Gasteiger partial charge in [-0.2, -0.15) is 0 Å². The van der Waals surface area contributed by atoms with Crippen LogP contribution in [0.5, 0.6) is 0 Å². The molecule has 0 aromatic heterocycles. The smallest absolute Gasteiger partial charge is 0.264 e. The van der Waals surface area contributed by atoms with Gasteiger partial charge in [0.2, 0.25) is 11.8 Å². The van der Waals surface area contributed by atoms with Crippen LogP contribution in [0, 0.1) is 0 Å². The normalized spacial score (nSPS) is 12.9. The summed E-state index contributed by atoms with van der Waals surface area (Å²) >= 11 is 25.0. The van der Waals surface area contributed by atoms with Gasteiger partial charge in [0.05, 0.1) is 10.6 Å². The summed E-state index contributed by atoms with van der Waals surface area (Å²) in [5.41, 5.74) is 0.642. The van der Waals surface area contributed by atoms with Crippen LogP contribution in [-0.2, 0) is 26.2 Å². The van der Waals surface area contributed by atoms with Crippen LogP contribution in [0.3, 0.4) is 0 Å². The molecule has 3 rings (SSSR count). The van der Waals surface area contributed by atoms with Crippen molar-refractivity contribution in [1.82, 2.24) is 10.2 Å². The van der Waals surface area contributed by atoms with Crippen molar-refractivity contribution in [1.29, 1.82) is 0 Å². The maximum Gasteiger partial charge on any atom is 0.264 e. The minimum absolute atomic E-state index is 0.0299. The van der Waals surface area contributed by atoms with Crippen LogP contribution in [0.25, 0.3) is 0 Å². The van der Waals surface area contributed by atoms with Crippen LogP contribution in [0.1, 0.15) is 39.2 Å². The quantitative estimate of drug-likeness (QED) is 0.223. The third-order valence-electron chi connectivity index (χ3n) is 6.49. The van der Waals surface area contributed by atoms with E-state index in [0.717, 1.165) is 4.31 Å². The van der Waals surface area contributed by atoms with Crippen molar-refractivity contribution >= 4 is 73.9 Å². The third kappa shape index (κ3) is 8.52. The van der Waals surface area contributed by atoms with Gasteiger partial charge in [0, 0.05) is 32.7 Å². The van der Waals surface area contributed by atoms with E-state index in [4.69, 9.17) is 46.4 Å². The Kier molecular flexibility index (Phi) is 11.8. The van der Waals surface area contributed by atoms with Crippen molar-refractivity contribution in [2.75, 3.05) is 10.8 Å². The summed E-state index contributed by atoms with van der Waals surface area (Å²) in [4.78, 5) is 28.8. The van der Waals surface area contributed by atoms with E-state index >= 15 is 0 Å². The molecule has 0 bridgehead atoms. The molecule has 0 aliphatic rings. The average Bonchev–Trinajstić information content (AvgIpc) is 2.92. The molecule has 2 atom stereocenters. The number of anilines is 1. The van der Waals surface area contributed by atoms with Crippen molar-refractivity contribution in [3.63, 3.8) is 0 Å². The molecule has 0 saturated heterocycles. The van der Waals surface area contributed by atoms with E-state index in [1.165, 1.54) is 35.2 Å². The minimum Gasteiger partial charge on any atom is -0.352 e. The molecule has 0 aliphatic heterocycles. The summed E-state index contributed by atoms with van der Waals surface area (Å²) in [6.45, 7) is 4.89. The van der Waals surface area contributed by atoms with Gasteiger partial charge in [-0.1, -0.05) is 84.5 Å². The summed E-state index contributed by atoms with van der Waals surface area (Å²) < 4.78 is 28.7. The predicted octanol–water partition coefficient (Wildman–Crippen LogP) is 7.22. The minimum atomic E-state index is -4.25. The molecule has 0 aliphatic carbocycles. The van der Waals surface area contributed by atoms with Crippen LogP contribution < -0.4 is 9.62 Å². The second-order valence-corrected chi connectivity index (χ2v) is 13.0. The number of carbonyl (C=O) groups is 2. The number of nitrogens with zero attached hydrogens (tertiary/aromatic N) is 2. The van der Waals surface area contributed by atoms with Crippen molar-refractivity contribution in [2.24, 2.45) is 0 Å². The van der Waals surface area contributed by atoms with Gasteiger partial charge >= 0.3 is 0 Å². The monoisotopic (exact) mass is 657 g/mol. The molecular weight excluding hydrogens is 628 g/mol. The molecule has 220 valence electrons. The van der Waals surface area contributed by atoms with Gasteiger partial charge in [0.25, 0.3) is 10.0 Å². The lowest BCUT2D eigenvalue weighted by Crippen LogP contribution is -2.53. The Labute approximate surface area is 261 Å². The lowest BCUT2D eigenvalue weighted by molar-refractivity contribution is -0.140. The number of hydrogen-bond donors (Lipinski definition) is 1. The van der Waals surface area contributed by atoms with E-state index in [2.05, 4.69) is 5.32 Å². The molecule has 0 fully saturated rings. The molecule has 0 spiro atoms. The lowest BCUT2D eigenvalue weighted by Gasteiger charge is -2.34. The molecule has 3 aromatic carbocycles. The Bertz CT molecular complexity index is 1470. The first-order chi connectivity index (χ1) is 19.4. The number of hydrogen-bond acceptors (Lipinski definition) is 4. The number of benzene rings is 3. The summed E-state index contributed by atoms with van der Waals surface area (Å²) in [6, 6.07) is 15.8. The van der Waals surface area contributed by atoms with Crippen LogP contribution >= 0.6 is 46.4 Å². The molecule has 1 N–H and O–H groups in total. The number of halogens is 4. The fourth-order valence-corrected chi connectivity index (χ4v) is 6.53. The van der Waals surface area contributed by atoms with E-state index in [-0.39, 0.29) is 45.5 Å². The van der Waals surface area contributed by atoms with Gasteiger partial charge < -0.3 is 10.2 Å². The van der Waals surface area contributed by atoms with Gasteiger partial charge in [0.1, 0.15) is 12.6 Å². The second kappa shape index (κ2) is 14.6. The predicted molar refractivity (Wildman–Crippen MR) is 166 cm³/mol. The molecule has 0 heterocycles. The summed E-state index contributed by atoms with van der Waals surface area (Å²) in [6.07, 6.45) is 0.964. The Balaban J connectivity index is 2.10. The van der Waals surface area contributed by atoms with Crippen molar-refractivity contribution < 1.29 is 18.0 Å². The Morgan fingerprint density at radius 2 is 1.49 bits per heavy atom. The zero-order valence-corrected chi connectivity index (χ0v) is 26.6. The van der Waals surface area contributed by atoms with E-state index in [1.807, 2.05) is 13.8 Å². The lowest BCUT2D eigenvalue weighted by atomic mass is 10.1. The van der Waals surface area contributed by atoms with E-state index in [0.29, 0.717) is 22.0 Å². The highest BCUT2D eigenvalue weighted by atomic mass is 35.5. The second-order valence-electron chi connectivity index (χ2n) is 9.45. The highest BCUT2D eigenvalue weighted by Crippen LogP contribution is 2.31. The maximum absolute atomic E-state index is 14.1. The number of amides is 2. The van der Waals surface area contributed by atoms with Gasteiger partial charge in [0.15, 0.2) is 0 Å². The van der Waals surface area contributed by atoms with Gasteiger partial charge in [-0.25, -0.2) is 8.42 Å². The van der Waals surface area contributed by atoms with Gasteiger partial charge in [-0.05, 0) is 67.8 Å². The van der Waals surface area contributed by atoms with Crippen molar-refractivity contribution in [3.05, 3.63) is 92.4 Å². The van der Waals surface area contributed by atoms with Crippen LogP contribution in [0.4, 0.5) is 5.69 Å². The molecule has 12 heteroatoms. The van der Waals surface area contributed by atoms with Crippen molar-refractivity contribution in [2.45, 2.75) is 57.1 Å². The summed E-state index contributed by atoms with van der Waals surface area (Å²) in [7, 11) is -4.25. The molecule has 2 amide bonds. The maximum atomic E-state index is 14.1. The molecule has 0 unspecified atom stereocenters. The zero-order chi connectivity index (χ0) is 30.3. The summed E-state index contributed by atoms with van der Waals surface area (Å²) in [5, 5.41) is 4.03. The Morgan fingerprint density at radius 1 is 0.854 bits per heavy atom. The van der Waals surface area contributed by atoms with Gasteiger partial charge in [-0.3, -0.25) is 13.9 Å². The number of carbonyl (C=O) groups excluding carboxylic acids is 2. The molecule has 7 nitrogen and oxygen atoms in total.